The number of benzene rings is 1. The highest BCUT2D eigenvalue weighted by Gasteiger charge is 2.05. The number of rotatable bonds is 2. The van der Waals surface area contributed by atoms with Crippen molar-refractivity contribution < 1.29 is 9.53 Å². The Morgan fingerprint density at radius 2 is 1.86 bits per heavy atom. The van der Waals surface area contributed by atoms with E-state index >= 15 is 0 Å². The number of esters is 1. The van der Waals surface area contributed by atoms with Crippen molar-refractivity contribution in [2.75, 3.05) is 7.11 Å². The second-order valence-corrected chi connectivity index (χ2v) is 2.90. The third-order valence-electron chi connectivity index (χ3n) is 1.86. The minimum absolute atomic E-state index is 0. The number of methoxy groups -OCH3 is 1. The summed E-state index contributed by atoms with van der Waals surface area (Å²) in [6, 6.07) is 7.08. The van der Waals surface area contributed by atoms with Gasteiger partial charge in [0, 0.05) is 6.04 Å². The van der Waals surface area contributed by atoms with Crippen molar-refractivity contribution in [3.05, 3.63) is 35.4 Å². The van der Waals surface area contributed by atoms with Crippen LogP contribution in [0.4, 0.5) is 0 Å². The topological polar surface area (TPSA) is 52.3 Å². The van der Waals surface area contributed by atoms with Crippen LogP contribution < -0.4 is 5.73 Å². The van der Waals surface area contributed by atoms with Gasteiger partial charge in [-0.05, 0) is 24.6 Å². The van der Waals surface area contributed by atoms with Crippen molar-refractivity contribution in [1.29, 1.82) is 0 Å². The first kappa shape index (κ1) is 12.9. The van der Waals surface area contributed by atoms with E-state index in [4.69, 9.17) is 5.73 Å². The summed E-state index contributed by atoms with van der Waals surface area (Å²) in [5.41, 5.74) is 7.21. The van der Waals surface area contributed by atoms with Gasteiger partial charge in [0.25, 0.3) is 0 Å². The van der Waals surface area contributed by atoms with E-state index in [1.165, 1.54) is 7.11 Å². The van der Waals surface area contributed by atoms with Crippen LogP contribution in [0, 0.1) is 0 Å². The van der Waals surface area contributed by atoms with Gasteiger partial charge >= 0.3 is 5.97 Å². The number of halogens is 1. The zero-order valence-electron chi connectivity index (χ0n) is 8.19. The quantitative estimate of drug-likeness (QED) is 0.767. The molecule has 0 aromatic heterocycles. The molecular weight excluding hydrogens is 202 g/mol. The Balaban J connectivity index is 0.00000169. The van der Waals surface area contributed by atoms with Gasteiger partial charge in [0.05, 0.1) is 12.7 Å². The molecule has 0 fully saturated rings. The maximum atomic E-state index is 11.0. The van der Waals surface area contributed by atoms with Gasteiger partial charge in [-0.2, -0.15) is 0 Å². The average molecular weight is 216 g/mol. The summed E-state index contributed by atoms with van der Waals surface area (Å²) in [5, 5.41) is 0. The molecule has 0 amide bonds. The largest absolute Gasteiger partial charge is 0.465 e. The van der Waals surface area contributed by atoms with Crippen LogP contribution in [0.1, 0.15) is 28.9 Å². The number of hydrogen-bond acceptors (Lipinski definition) is 3. The van der Waals surface area contributed by atoms with Crippen LogP contribution in [0.25, 0.3) is 0 Å². The van der Waals surface area contributed by atoms with Crippen molar-refractivity contribution in [3.8, 4) is 0 Å². The molecule has 0 heterocycles. The summed E-state index contributed by atoms with van der Waals surface area (Å²) < 4.78 is 4.57. The van der Waals surface area contributed by atoms with Crippen LogP contribution in [0.2, 0.25) is 0 Å². The Morgan fingerprint density at radius 1 is 1.36 bits per heavy atom. The zero-order valence-corrected chi connectivity index (χ0v) is 9.01. The lowest BCUT2D eigenvalue weighted by atomic mass is 10.1. The second-order valence-electron chi connectivity index (χ2n) is 2.90. The average Bonchev–Trinajstić information content (AvgIpc) is 2.17. The van der Waals surface area contributed by atoms with E-state index in [1.54, 1.807) is 12.1 Å². The van der Waals surface area contributed by atoms with Crippen LogP contribution in [0.5, 0.6) is 0 Å². The molecule has 0 bridgehead atoms. The van der Waals surface area contributed by atoms with Crippen molar-refractivity contribution in [1.82, 2.24) is 0 Å². The Kier molecular flexibility index (Phi) is 5.20. The number of ether oxygens (including phenoxy) is 1. The summed E-state index contributed by atoms with van der Waals surface area (Å²) in [4.78, 5) is 11.0. The highest BCUT2D eigenvalue weighted by Crippen LogP contribution is 2.11. The van der Waals surface area contributed by atoms with Crippen LogP contribution in [0.15, 0.2) is 24.3 Å². The molecule has 1 aromatic carbocycles. The van der Waals surface area contributed by atoms with Gasteiger partial charge in [-0.1, -0.05) is 12.1 Å². The first-order chi connectivity index (χ1) is 6.15. The van der Waals surface area contributed by atoms with E-state index in [9.17, 15) is 4.79 Å². The Morgan fingerprint density at radius 3 is 2.21 bits per heavy atom. The highest BCUT2D eigenvalue weighted by atomic mass is 35.5. The molecule has 1 atom stereocenters. The predicted molar refractivity (Wildman–Crippen MR) is 57.6 cm³/mol. The molecule has 0 saturated heterocycles. The molecule has 0 saturated carbocycles. The molecule has 14 heavy (non-hydrogen) atoms. The molecule has 0 spiro atoms. The normalized spacial score (nSPS) is 11.4. The molecule has 1 aromatic rings. The third kappa shape index (κ3) is 3.01. The van der Waals surface area contributed by atoms with Crippen LogP contribution in [-0.4, -0.2) is 13.1 Å². The standard InChI is InChI=1S/C10H13NO2.ClH/c1-7(11)8-3-5-9(6-4-8)10(12)13-2;/h3-7H,11H2,1-2H3;1H/t7-;/m1./s1. The first-order valence-corrected chi connectivity index (χ1v) is 4.09. The molecule has 0 unspecified atom stereocenters. The monoisotopic (exact) mass is 215 g/mol. The SMILES string of the molecule is COC(=O)c1ccc([C@@H](C)N)cc1.Cl. The number of carbonyl (C=O) groups excluding carboxylic acids is 1. The lowest BCUT2D eigenvalue weighted by molar-refractivity contribution is 0.0600. The predicted octanol–water partition coefficient (Wildman–Crippen LogP) is 1.91. The van der Waals surface area contributed by atoms with Gasteiger partial charge in [0.1, 0.15) is 0 Å². The van der Waals surface area contributed by atoms with Crippen LogP contribution in [-0.2, 0) is 4.74 Å². The molecule has 3 nitrogen and oxygen atoms in total. The molecule has 0 aliphatic rings. The van der Waals surface area contributed by atoms with Crippen molar-refractivity contribution in [3.63, 3.8) is 0 Å². The van der Waals surface area contributed by atoms with Gasteiger partial charge in [-0.3, -0.25) is 0 Å². The smallest absolute Gasteiger partial charge is 0.337 e. The first-order valence-electron chi connectivity index (χ1n) is 4.09. The summed E-state index contributed by atoms with van der Waals surface area (Å²) in [7, 11) is 1.36. The van der Waals surface area contributed by atoms with Gasteiger partial charge < -0.3 is 10.5 Å². The van der Waals surface area contributed by atoms with E-state index in [2.05, 4.69) is 4.74 Å². The number of carbonyl (C=O) groups is 1. The molecule has 78 valence electrons. The fourth-order valence-electron chi connectivity index (χ4n) is 1.04. The van der Waals surface area contributed by atoms with E-state index in [-0.39, 0.29) is 24.4 Å². The van der Waals surface area contributed by atoms with Gasteiger partial charge in [-0.15, -0.1) is 12.4 Å². The Labute approximate surface area is 89.7 Å². The summed E-state index contributed by atoms with van der Waals surface area (Å²) in [6.07, 6.45) is 0. The fourth-order valence-corrected chi connectivity index (χ4v) is 1.04. The summed E-state index contributed by atoms with van der Waals surface area (Å²) in [6.45, 7) is 1.90. The van der Waals surface area contributed by atoms with Crippen molar-refractivity contribution in [2.24, 2.45) is 5.73 Å². The maximum Gasteiger partial charge on any atom is 0.337 e. The van der Waals surface area contributed by atoms with Crippen LogP contribution >= 0.6 is 12.4 Å². The minimum atomic E-state index is -0.323. The Bertz CT molecular complexity index is 295. The maximum absolute atomic E-state index is 11.0. The number of hydrogen-bond donors (Lipinski definition) is 1. The molecule has 4 heteroatoms. The van der Waals surface area contributed by atoms with Gasteiger partial charge in [0.2, 0.25) is 0 Å². The zero-order chi connectivity index (χ0) is 9.84. The van der Waals surface area contributed by atoms with Crippen LogP contribution in [0.3, 0.4) is 0 Å². The second kappa shape index (κ2) is 5.62. The van der Waals surface area contributed by atoms with Gasteiger partial charge in [-0.25, -0.2) is 4.79 Å². The molecule has 0 radical (unpaired) electrons. The highest BCUT2D eigenvalue weighted by molar-refractivity contribution is 5.89. The molecule has 2 N–H and O–H groups in total. The van der Waals surface area contributed by atoms with Crippen molar-refractivity contribution in [2.45, 2.75) is 13.0 Å². The van der Waals surface area contributed by atoms with E-state index < -0.39 is 0 Å². The lowest BCUT2D eigenvalue weighted by Gasteiger charge is -2.05. The van der Waals surface area contributed by atoms with E-state index in [1.807, 2.05) is 19.1 Å². The van der Waals surface area contributed by atoms with E-state index in [0.717, 1.165) is 5.56 Å². The molecule has 0 aliphatic carbocycles. The van der Waals surface area contributed by atoms with E-state index in [0.29, 0.717) is 5.56 Å². The number of nitrogens with two attached hydrogens (primary N) is 1. The third-order valence-corrected chi connectivity index (χ3v) is 1.86. The lowest BCUT2D eigenvalue weighted by Crippen LogP contribution is -2.06. The Hall–Kier alpha value is -1.06. The fraction of sp³-hybridized carbons (Fsp3) is 0.300. The minimum Gasteiger partial charge on any atom is -0.465 e. The van der Waals surface area contributed by atoms with Crippen molar-refractivity contribution >= 4 is 18.4 Å². The van der Waals surface area contributed by atoms with Gasteiger partial charge in [0.15, 0.2) is 0 Å². The molecular formula is C10H14ClNO2. The summed E-state index contributed by atoms with van der Waals surface area (Å²) >= 11 is 0. The summed E-state index contributed by atoms with van der Waals surface area (Å²) in [5.74, 6) is -0.323. The molecule has 1 rings (SSSR count). The molecule has 0 aliphatic heterocycles.